The summed E-state index contributed by atoms with van der Waals surface area (Å²) in [5.74, 6) is 1.54. The Kier molecular flexibility index (Phi) is 5.44. The van der Waals surface area contributed by atoms with Gasteiger partial charge in [0.1, 0.15) is 0 Å². The van der Waals surface area contributed by atoms with Crippen molar-refractivity contribution in [3.8, 4) is 0 Å². The molecule has 1 aliphatic carbocycles. The molecule has 1 amide bonds. The molecule has 0 saturated heterocycles. The maximum atomic E-state index is 12.1. The Bertz CT molecular complexity index is 243. The first kappa shape index (κ1) is 14.5. The van der Waals surface area contributed by atoms with Gasteiger partial charge in [-0.3, -0.25) is 4.79 Å². The first-order valence-electron chi connectivity index (χ1n) is 6.94. The SMILES string of the molecule is CC(C)CC(C)NC(=O)C1CC(C)CC(N)C1. The lowest BCUT2D eigenvalue weighted by Crippen LogP contribution is -2.43. The van der Waals surface area contributed by atoms with Crippen LogP contribution < -0.4 is 11.1 Å². The van der Waals surface area contributed by atoms with Crippen LogP contribution in [0.3, 0.4) is 0 Å². The fourth-order valence-electron chi connectivity index (χ4n) is 3.00. The van der Waals surface area contributed by atoms with Crippen LogP contribution in [0.15, 0.2) is 0 Å². The molecule has 0 heterocycles. The maximum Gasteiger partial charge on any atom is 0.223 e. The van der Waals surface area contributed by atoms with Crippen LogP contribution in [0.1, 0.15) is 53.4 Å². The van der Waals surface area contributed by atoms with Crippen LogP contribution in [0.2, 0.25) is 0 Å². The largest absolute Gasteiger partial charge is 0.353 e. The topological polar surface area (TPSA) is 55.1 Å². The summed E-state index contributed by atoms with van der Waals surface area (Å²) in [6.07, 6.45) is 3.95. The van der Waals surface area contributed by atoms with Gasteiger partial charge in [-0.1, -0.05) is 20.8 Å². The van der Waals surface area contributed by atoms with E-state index in [1.807, 2.05) is 0 Å². The summed E-state index contributed by atoms with van der Waals surface area (Å²) < 4.78 is 0. The van der Waals surface area contributed by atoms with Gasteiger partial charge in [0.15, 0.2) is 0 Å². The predicted octanol–water partition coefficient (Wildman–Crippen LogP) is 2.30. The zero-order valence-electron chi connectivity index (χ0n) is 11.7. The molecule has 4 atom stereocenters. The summed E-state index contributed by atoms with van der Waals surface area (Å²) in [4.78, 5) is 12.1. The van der Waals surface area contributed by atoms with E-state index in [9.17, 15) is 4.79 Å². The van der Waals surface area contributed by atoms with Crippen molar-refractivity contribution in [1.82, 2.24) is 5.32 Å². The summed E-state index contributed by atoms with van der Waals surface area (Å²) in [7, 11) is 0. The minimum absolute atomic E-state index is 0.128. The van der Waals surface area contributed by atoms with Gasteiger partial charge in [0.05, 0.1) is 0 Å². The smallest absolute Gasteiger partial charge is 0.223 e. The lowest BCUT2D eigenvalue weighted by atomic mass is 9.79. The second-order valence-electron chi connectivity index (χ2n) is 6.31. The minimum Gasteiger partial charge on any atom is -0.353 e. The van der Waals surface area contributed by atoms with Crippen molar-refractivity contribution in [2.45, 2.75) is 65.5 Å². The van der Waals surface area contributed by atoms with Crippen LogP contribution in [0, 0.1) is 17.8 Å². The van der Waals surface area contributed by atoms with E-state index in [2.05, 4.69) is 33.0 Å². The van der Waals surface area contributed by atoms with Crippen LogP contribution >= 0.6 is 0 Å². The summed E-state index contributed by atoms with van der Waals surface area (Å²) in [5.41, 5.74) is 5.98. The number of nitrogens with two attached hydrogens (primary N) is 1. The molecule has 100 valence electrons. The summed E-state index contributed by atoms with van der Waals surface area (Å²) in [6, 6.07) is 0.478. The highest BCUT2D eigenvalue weighted by Gasteiger charge is 2.29. The fraction of sp³-hybridized carbons (Fsp3) is 0.929. The Hall–Kier alpha value is -0.570. The molecule has 0 aromatic carbocycles. The van der Waals surface area contributed by atoms with Crippen molar-refractivity contribution < 1.29 is 4.79 Å². The van der Waals surface area contributed by atoms with Crippen molar-refractivity contribution in [1.29, 1.82) is 0 Å². The van der Waals surface area contributed by atoms with Crippen LogP contribution in [-0.2, 0) is 4.79 Å². The molecule has 1 rings (SSSR count). The van der Waals surface area contributed by atoms with E-state index in [-0.39, 0.29) is 23.9 Å². The lowest BCUT2D eigenvalue weighted by Gasteiger charge is -2.31. The Morgan fingerprint density at radius 3 is 2.47 bits per heavy atom. The van der Waals surface area contributed by atoms with Crippen molar-refractivity contribution in [2.75, 3.05) is 0 Å². The van der Waals surface area contributed by atoms with E-state index in [4.69, 9.17) is 5.73 Å². The fourth-order valence-corrected chi connectivity index (χ4v) is 3.00. The average Bonchev–Trinajstić information content (AvgIpc) is 2.14. The zero-order valence-corrected chi connectivity index (χ0v) is 11.7. The number of hydrogen-bond donors (Lipinski definition) is 2. The van der Waals surface area contributed by atoms with Gasteiger partial charge >= 0.3 is 0 Å². The molecule has 4 unspecified atom stereocenters. The van der Waals surface area contributed by atoms with Crippen molar-refractivity contribution in [2.24, 2.45) is 23.5 Å². The number of nitrogens with one attached hydrogen (secondary N) is 1. The van der Waals surface area contributed by atoms with Gasteiger partial charge in [0.2, 0.25) is 5.91 Å². The Morgan fingerprint density at radius 2 is 1.94 bits per heavy atom. The van der Waals surface area contributed by atoms with Crippen molar-refractivity contribution in [3.05, 3.63) is 0 Å². The lowest BCUT2D eigenvalue weighted by molar-refractivity contribution is -0.127. The molecule has 0 aliphatic heterocycles. The molecule has 0 aromatic rings. The van der Waals surface area contributed by atoms with Crippen molar-refractivity contribution >= 4 is 5.91 Å². The standard InChI is InChI=1S/C14H28N2O/c1-9(2)5-11(4)16-14(17)12-6-10(3)7-13(15)8-12/h9-13H,5-8,15H2,1-4H3,(H,16,17). The van der Waals surface area contributed by atoms with E-state index in [1.54, 1.807) is 0 Å². The molecular formula is C14H28N2O. The Morgan fingerprint density at radius 1 is 1.29 bits per heavy atom. The van der Waals surface area contributed by atoms with E-state index >= 15 is 0 Å². The van der Waals surface area contributed by atoms with Gasteiger partial charge < -0.3 is 11.1 Å². The number of carbonyl (C=O) groups is 1. The molecule has 3 heteroatoms. The van der Waals surface area contributed by atoms with Crippen molar-refractivity contribution in [3.63, 3.8) is 0 Å². The van der Waals surface area contributed by atoms with Gasteiger partial charge in [-0.05, 0) is 44.4 Å². The number of hydrogen-bond acceptors (Lipinski definition) is 2. The average molecular weight is 240 g/mol. The highest BCUT2D eigenvalue weighted by molar-refractivity contribution is 5.79. The predicted molar refractivity (Wildman–Crippen MR) is 71.5 cm³/mol. The van der Waals surface area contributed by atoms with Crippen LogP contribution in [0.4, 0.5) is 0 Å². The number of rotatable bonds is 4. The van der Waals surface area contributed by atoms with E-state index in [1.165, 1.54) is 0 Å². The molecule has 1 saturated carbocycles. The van der Waals surface area contributed by atoms with Gasteiger partial charge in [0.25, 0.3) is 0 Å². The van der Waals surface area contributed by atoms with Crippen LogP contribution in [0.25, 0.3) is 0 Å². The third kappa shape index (κ3) is 5.07. The third-order valence-electron chi connectivity index (χ3n) is 3.56. The quantitative estimate of drug-likeness (QED) is 0.792. The molecule has 0 aromatic heterocycles. The summed E-state index contributed by atoms with van der Waals surface area (Å²) in [6.45, 7) is 8.64. The second kappa shape index (κ2) is 6.39. The molecule has 3 N–H and O–H groups in total. The molecule has 1 aliphatic rings. The molecular weight excluding hydrogens is 212 g/mol. The Labute approximate surface area is 106 Å². The van der Waals surface area contributed by atoms with E-state index in [0.717, 1.165) is 25.7 Å². The molecule has 0 radical (unpaired) electrons. The number of carbonyl (C=O) groups excluding carboxylic acids is 1. The van der Waals surface area contributed by atoms with Gasteiger partial charge in [-0.25, -0.2) is 0 Å². The molecule has 1 fully saturated rings. The van der Waals surface area contributed by atoms with Crippen LogP contribution in [-0.4, -0.2) is 18.0 Å². The highest BCUT2D eigenvalue weighted by Crippen LogP contribution is 2.28. The normalized spacial score (nSPS) is 31.3. The zero-order chi connectivity index (χ0) is 13.0. The van der Waals surface area contributed by atoms with Gasteiger partial charge in [-0.15, -0.1) is 0 Å². The first-order valence-corrected chi connectivity index (χ1v) is 6.94. The second-order valence-corrected chi connectivity index (χ2v) is 6.31. The minimum atomic E-state index is 0.128. The molecule has 0 bridgehead atoms. The Balaban J connectivity index is 2.41. The summed E-state index contributed by atoms with van der Waals surface area (Å²) >= 11 is 0. The monoisotopic (exact) mass is 240 g/mol. The first-order chi connectivity index (χ1) is 7.88. The third-order valence-corrected chi connectivity index (χ3v) is 3.56. The van der Waals surface area contributed by atoms with Gasteiger partial charge in [0, 0.05) is 18.0 Å². The highest BCUT2D eigenvalue weighted by atomic mass is 16.1. The van der Waals surface area contributed by atoms with E-state index in [0.29, 0.717) is 11.8 Å². The molecule has 17 heavy (non-hydrogen) atoms. The molecule has 0 spiro atoms. The van der Waals surface area contributed by atoms with Crippen LogP contribution in [0.5, 0.6) is 0 Å². The van der Waals surface area contributed by atoms with Gasteiger partial charge in [-0.2, -0.15) is 0 Å². The van der Waals surface area contributed by atoms with E-state index < -0.39 is 0 Å². The number of amides is 1. The molecule has 3 nitrogen and oxygen atoms in total. The maximum absolute atomic E-state index is 12.1. The summed E-state index contributed by atoms with van der Waals surface area (Å²) in [5, 5.41) is 3.13.